The fourth-order valence-corrected chi connectivity index (χ4v) is 2.33. The van der Waals surface area contributed by atoms with E-state index in [1.165, 1.54) is 0 Å². The van der Waals surface area contributed by atoms with Gasteiger partial charge in [0.2, 0.25) is 0 Å². The van der Waals surface area contributed by atoms with Crippen LogP contribution in [0.5, 0.6) is 5.75 Å². The Morgan fingerprint density at radius 3 is 2.50 bits per heavy atom. The number of carbonyl (C=O) groups excluding carboxylic acids is 1. The predicted molar refractivity (Wildman–Crippen MR) is 94.7 cm³/mol. The SMILES string of the molecule is CCOc1ccc(NC(=O)/C(C#N)=C\c2cc(C)n(C)c2C)cc1. The van der Waals surface area contributed by atoms with E-state index in [9.17, 15) is 10.1 Å². The quantitative estimate of drug-likeness (QED) is 0.675. The minimum atomic E-state index is -0.428. The summed E-state index contributed by atoms with van der Waals surface area (Å²) < 4.78 is 7.38. The molecular weight excluding hydrogens is 302 g/mol. The zero-order chi connectivity index (χ0) is 17.7. The number of aromatic nitrogens is 1. The van der Waals surface area contributed by atoms with Crippen LogP contribution in [0.3, 0.4) is 0 Å². The summed E-state index contributed by atoms with van der Waals surface area (Å²) in [5.74, 6) is 0.310. The van der Waals surface area contributed by atoms with Gasteiger partial charge in [-0.05, 0) is 62.7 Å². The van der Waals surface area contributed by atoms with Crippen LogP contribution < -0.4 is 10.1 Å². The van der Waals surface area contributed by atoms with Crippen molar-refractivity contribution in [3.8, 4) is 11.8 Å². The van der Waals surface area contributed by atoms with Gasteiger partial charge < -0.3 is 14.6 Å². The van der Waals surface area contributed by atoms with Gasteiger partial charge in [-0.2, -0.15) is 5.26 Å². The van der Waals surface area contributed by atoms with Crippen molar-refractivity contribution in [3.63, 3.8) is 0 Å². The van der Waals surface area contributed by atoms with Gasteiger partial charge in [-0.3, -0.25) is 4.79 Å². The standard InChI is InChI=1S/C19H21N3O2/c1-5-24-18-8-6-17(7-9-18)21-19(23)16(12-20)11-15-10-13(2)22(4)14(15)3/h6-11H,5H2,1-4H3,(H,21,23)/b16-11-. The van der Waals surface area contributed by atoms with Gasteiger partial charge in [-0.25, -0.2) is 0 Å². The van der Waals surface area contributed by atoms with Crippen LogP contribution in [0.25, 0.3) is 6.08 Å². The molecule has 24 heavy (non-hydrogen) atoms. The summed E-state index contributed by atoms with van der Waals surface area (Å²) in [5, 5.41) is 12.0. The van der Waals surface area contributed by atoms with Crippen LogP contribution in [0.15, 0.2) is 35.9 Å². The number of nitrogens with one attached hydrogen (secondary N) is 1. The van der Waals surface area contributed by atoms with E-state index >= 15 is 0 Å². The second-order valence-corrected chi connectivity index (χ2v) is 5.47. The number of hydrogen-bond acceptors (Lipinski definition) is 3. The minimum Gasteiger partial charge on any atom is -0.494 e. The van der Waals surface area contributed by atoms with Crippen LogP contribution in [0.1, 0.15) is 23.9 Å². The number of aryl methyl sites for hydroxylation is 1. The van der Waals surface area contributed by atoms with Gasteiger partial charge in [0.15, 0.2) is 0 Å². The zero-order valence-corrected chi connectivity index (χ0v) is 14.4. The number of benzene rings is 1. The maximum Gasteiger partial charge on any atom is 0.266 e. The minimum absolute atomic E-state index is 0.0672. The van der Waals surface area contributed by atoms with Crippen LogP contribution in [-0.4, -0.2) is 17.1 Å². The Hall–Kier alpha value is -3.00. The Morgan fingerprint density at radius 1 is 1.33 bits per heavy atom. The molecule has 0 saturated carbocycles. The van der Waals surface area contributed by atoms with E-state index in [0.29, 0.717) is 12.3 Å². The first-order valence-corrected chi connectivity index (χ1v) is 7.75. The molecule has 1 aromatic carbocycles. The predicted octanol–water partition coefficient (Wildman–Crippen LogP) is 3.59. The first-order chi connectivity index (χ1) is 11.5. The van der Waals surface area contributed by atoms with E-state index in [1.54, 1.807) is 30.3 Å². The van der Waals surface area contributed by atoms with Crippen molar-refractivity contribution in [1.82, 2.24) is 4.57 Å². The molecule has 0 aliphatic carbocycles. The van der Waals surface area contributed by atoms with E-state index in [2.05, 4.69) is 5.32 Å². The summed E-state index contributed by atoms with van der Waals surface area (Å²) >= 11 is 0. The van der Waals surface area contributed by atoms with Gasteiger partial charge in [0.1, 0.15) is 17.4 Å². The normalized spacial score (nSPS) is 11.0. The maximum atomic E-state index is 12.3. The van der Waals surface area contributed by atoms with Gasteiger partial charge in [0.05, 0.1) is 6.61 Å². The summed E-state index contributed by atoms with van der Waals surface area (Å²) in [7, 11) is 1.95. The van der Waals surface area contributed by atoms with Gasteiger partial charge >= 0.3 is 0 Å². The molecule has 0 radical (unpaired) electrons. The second-order valence-electron chi connectivity index (χ2n) is 5.47. The number of ether oxygens (including phenoxy) is 1. The van der Waals surface area contributed by atoms with Crippen LogP contribution >= 0.6 is 0 Å². The molecule has 0 spiro atoms. The second kappa shape index (κ2) is 7.51. The number of rotatable bonds is 5. The molecule has 1 amide bonds. The van der Waals surface area contributed by atoms with E-state index in [1.807, 2.05) is 44.5 Å². The summed E-state index contributed by atoms with van der Waals surface area (Å²) in [4.78, 5) is 12.3. The molecule has 0 unspecified atom stereocenters. The number of hydrogen-bond donors (Lipinski definition) is 1. The van der Waals surface area contributed by atoms with Crippen LogP contribution in [0.4, 0.5) is 5.69 Å². The fourth-order valence-electron chi connectivity index (χ4n) is 2.33. The van der Waals surface area contributed by atoms with Gasteiger partial charge in [0.25, 0.3) is 5.91 Å². The van der Waals surface area contributed by atoms with Crippen molar-refractivity contribution in [2.45, 2.75) is 20.8 Å². The zero-order valence-electron chi connectivity index (χ0n) is 14.4. The van der Waals surface area contributed by atoms with Crippen LogP contribution in [0, 0.1) is 25.2 Å². The Labute approximate surface area is 142 Å². The Morgan fingerprint density at radius 2 is 2.00 bits per heavy atom. The molecule has 2 rings (SSSR count). The molecule has 0 aliphatic rings. The summed E-state index contributed by atoms with van der Waals surface area (Å²) in [6.07, 6.45) is 1.62. The molecule has 0 fully saturated rings. The highest BCUT2D eigenvalue weighted by Gasteiger charge is 2.12. The fraction of sp³-hybridized carbons (Fsp3) is 0.263. The molecule has 5 nitrogen and oxygen atoms in total. The van der Waals surface area contributed by atoms with Crippen LogP contribution in [-0.2, 0) is 11.8 Å². The lowest BCUT2D eigenvalue weighted by molar-refractivity contribution is -0.112. The molecule has 1 N–H and O–H groups in total. The largest absolute Gasteiger partial charge is 0.494 e. The van der Waals surface area contributed by atoms with E-state index in [-0.39, 0.29) is 5.57 Å². The van der Waals surface area contributed by atoms with E-state index in [4.69, 9.17) is 4.74 Å². The van der Waals surface area contributed by atoms with Crippen LogP contribution in [0.2, 0.25) is 0 Å². The topological polar surface area (TPSA) is 67.0 Å². The third-order valence-electron chi connectivity index (χ3n) is 3.90. The molecule has 1 aromatic heterocycles. The Bertz CT molecular complexity index is 808. The number of anilines is 1. The molecule has 124 valence electrons. The van der Waals surface area contributed by atoms with Gasteiger partial charge in [-0.1, -0.05) is 0 Å². The van der Waals surface area contributed by atoms with Crippen molar-refractivity contribution in [3.05, 3.63) is 52.9 Å². The maximum absolute atomic E-state index is 12.3. The van der Waals surface area contributed by atoms with Crippen molar-refractivity contribution >= 4 is 17.7 Å². The highest BCUT2D eigenvalue weighted by atomic mass is 16.5. The third-order valence-corrected chi connectivity index (χ3v) is 3.90. The molecule has 0 aliphatic heterocycles. The summed E-state index contributed by atoms with van der Waals surface area (Å²) in [5.41, 5.74) is 3.63. The molecule has 0 atom stereocenters. The van der Waals surface area contributed by atoms with Gasteiger partial charge in [-0.15, -0.1) is 0 Å². The molecule has 0 bridgehead atoms. The van der Waals surface area contributed by atoms with Crippen molar-refractivity contribution in [2.75, 3.05) is 11.9 Å². The number of nitriles is 1. The first-order valence-electron chi connectivity index (χ1n) is 7.75. The van der Waals surface area contributed by atoms with Crippen molar-refractivity contribution < 1.29 is 9.53 Å². The number of nitrogens with zero attached hydrogens (tertiary/aromatic N) is 2. The monoisotopic (exact) mass is 323 g/mol. The molecule has 2 aromatic rings. The van der Waals surface area contributed by atoms with E-state index in [0.717, 1.165) is 22.7 Å². The first kappa shape index (κ1) is 17.4. The molecule has 1 heterocycles. The smallest absolute Gasteiger partial charge is 0.266 e. The lowest BCUT2D eigenvalue weighted by Gasteiger charge is -2.06. The molecular formula is C19H21N3O2. The molecule has 5 heteroatoms. The average molecular weight is 323 g/mol. The van der Waals surface area contributed by atoms with Crippen molar-refractivity contribution in [2.24, 2.45) is 7.05 Å². The lowest BCUT2D eigenvalue weighted by Crippen LogP contribution is -2.13. The summed E-state index contributed by atoms with van der Waals surface area (Å²) in [6, 6.07) is 11.0. The van der Waals surface area contributed by atoms with Crippen molar-refractivity contribution in [1.29, 1.82) is 5.26 Å². The van der Waals surface area contributed by atoms with E-state index < -0.39 is 5.91 Å². The average Bonchev–Trinajstić information content (AvgIpc) is 2.81. The molecule has 0 saturated heterocycles. The Kier molecular flexibility index (Phi) is 5.43. The number of amides is 1. The highest BCUT2D eigenvalue weighted by molar-refractivity contribution is 6.09. The van der Waals surface area contributed by atoms with Gasteiger partial charge in [0, 0.05) is 24.1 Å². The third kappa shape index (κ3) is 3.85. The number of carbonyl (C=O) groups is 1. The lowest BCUT2D eigenvalue weighted by atomic mass is 10.1. The summed E-state index contributed by atoms with van der Waals surface area (Å²) in [6.45, 7) is 6.43. The highest BCUT2D eigenvalue weighted by Crippen LogP contribution is 2.19. The Balaban J connectivity index is 2.18.